The van der Waals surface area contributed by atoms with Gasteiger partial charge in [0.25, 0.3) is 0 Å². The number of amides is 2. The number of H-pyrrole nitrogens is 1. The molecule has 2 atom stereocenters. The Balaban J connectivity index is 2.40. The van der Waals surface area contributed by atoms with E-state index in [9.17, 15) is 9.59 Å². The van der Waals surface area contributed by atoms with Gasteiger partial charge < -0.3 is 20.7 Å². The van der Waals surface area contributed by atoms with Gasteiger partial charge in [0, 0.05) is 25.4 Å². The highest BCUT2D eigenvalue weighted by molar-refractivity contribution is 5.74. The molecule has 0 aromatic carbocycles. The molecule has 0 aliphatic carbocycles. The number of aromatic nitrogens is 2. The normalized spacial score (nSPS) is 13.5. The minimum Gasteiger partial charge on any atom is -0.481 e. The van der Waals surface area contributed by atoms with Crippen molar-refractivity contribution in [3.8, 4) is 0 Å². The molecular formula is C13H22N4O3. The Bertz CT molecular complexity index is 419. The largest absolute Gasteiger partial charge is 0.481 e. The summed E-state index contributed by atoms with van der Waals surface area (Å²) in [7, 11) is 0. The zero-order chi connectivity index (χ0) is 15.0. The van der Waals surface area contributed by atoms with E-state index in [1.807, 2.05) is 13.8 Å². The summed E-state index contributed by atoms with van der Waals surface area (Å²) >= 11 is 0. The van der Waals surface area contributed by atoms with Crippen LogP contribution in [0, 0.1) is 5.92 Å². The second-order valence-electron chi connectivity index (χ2n) is 4.66. The maximum absolute atomic E-state index is 11.8. The first-order valence-electron chi connectivity index (χ1n) is 6.82. The van der Waals surface area contributed by atoms with Gasteiger partial charge >= 0.3 is 12.0 Å². The molecule has 1 aromatic rings. The molecule has 0 aliphatic rings. The molecule has 7 nitrogen and oxygen atoms in total. The van der Waals surface area contributed by atoms with Crippen LogP contribution < -0.4 is 10.6 Å². The highest BCUT2D eigenvalue weighted by atomic mass is 16.4. The summed E-state index contributed by atoms with van der Waals surface area (Å²) in [5, 5.41) is 14.3. The fourth-order valence-electron chi connectivity index (χ4n) is 1.89. The van der Waals surface area contributed by atoms with Crippen LogP contribution in [0.2, 0.25) is 0 Å². The predicted octanol–water partition coefficient (Wildman–Crippen LogP) is 1.66. The number of rotatable bonds is 8. The van der Waals surface area contributed by atoms with Crippen molar-refractivity contribution in [3.63, 3.8) is 0 Å². The number of urea groups is 1. The van der Waals surface area contributed by atoms with Crippen LogP contribution in [0.4, 0.5) is 4.79 Å². The molecule has 2 unspecified atom stereocenters. The standard InChI is InChI=1S/C13H22N4O3/c1-3-9(7-11(18)19)8-16-13(20)17-10(4-2)12-14-5-6-15-12/h5-6,9-10H,3-4,7-8H2,1-2H3,(H,14,15)(H,18,19)(H2,16,17,20). The zero-order valence-corrected chi connectivity index (χ0v) is 11.8. The third-order valence-electron chi connectivity index (χ3n) is 3.15. The summed E-state index contributed by atoms with van der Waals surface area (Å²) in [4.78, 5) is 29.5. The van der Waals surface area contributed by atoms with Crippen molar-refractivity contribution in [3.05, 3.63) is 18.2 Å². The van der Waals surface area contributed by atoms with Crippen molar-refractivity contribution in [1.82, 2.24) is 20.6 Å². The van der Waals surface area contributed by atoms with Crippen LogP contribution in [0.25, 0.3) is 0 Å². The molecule has 1 aromatic heterocycles. The third kappa shape index (κ3) is 5.29. The van der Waals surface area contributed by atoms with Gasteiger partial charge in [-0.3, -0.25) is 4.79 Å². The second-order valence-corrected chi connectivity index (χ2v) is 4.66. The Kier molecular flexibility index (Phi) is 6.55. The first-order valence-corrected chi connectivity index (χ1v) is 6.82. The fraction of sp³-hybridized carbons (Fsp3) is 0.615. The predicted molar refractivity (Wildman–Crippen MR) is 74.2 cm³/mol. The lowest BCUT2D eigenvalue weighted by Gasteiger charge is -2.17. The summed E-state index contributed by atoms with van der Waals surface area (Å²) in [5.74, 6) is -0.191. The minimum absolute atomic E-state index is 0.0538. The number of carboxylic acid groups (broad SMARTS) is 1. The fourth-order valence-corrected chi connectivity index (χ4v) is 1.89. The van der Waals surface area contributed by atoms with Gasteiger partial charge in [0.2, 0.25) is 0 Å². The highest BCUT2D eigenvalue weighted by Gasteiger charge is 2.16. The number of hydrogen-bond acceptors (Lipinski definition) is 3. The number of carbonyl (C=O) groups is 2. The van der Waals surface area contributed by atoms with Gasteiger partial charge in [0.05, 0.1) is 6.04 Å². The number of hydrogen-bond donors (Lipinski definition) is 4. The SMILES string of the molecule is CCC(CNC(=O)NC(CC)c1ncc[nH]1)CC(=O)O. The Hall–Kier alpha value is -2.05. The van der Waals surface area contributed by atoms with Crippen LogP contribution in [0.3, 0.4) is 0 Å². The van der Waals surface area contributed by atoms with E-state index < -0.39 is 5.97 Å². The van der Waals surface area contributed by atoms with E-state index in [-0.39, 0.29) is 24.4 Å². The molecule has 20 heavy (non-hydrogen) atoms. The average Bonchev–Trinajstić information content (AvgIpc) is 2.94. The van der Waals surface area contributed by atoms with E-state index in [0.717, 1.165) is 0 Å². The van der Waals surface area contributed by atoms with Crippen LogP contribution in [-0.4, -0.2) is 33.6 Å². The minimum atomic E-state index is -0.846. The van der Waals surface area contributed by atoms with Crippen LogP contribution in [0.15, 0.2) is 12.4 Å². The van der Waals surface area contributed by atoms with Crippen molar-refractivity contribution in [1.29, 1.82) is 0 Å². The topological polar surface area (TPSA) is 107 Å². The van der Waals surface area contributed by atoms with E-state index in [2.05, 4.69) is 20.6 Å². The van der Waals surface area contributed by atoms with Crippen molar-refractivity contribution in [2.45, 2.75) is 39.2 Å². The van der Waals surface area contributed by atoms with Crippen molar-refractivity contribution in [2.24, 2.45) is 5.92 Å². The van der Waals surface area contributed by atoms with E-state index in [1.165, 1.54) is 0 Å². The maximum atomic E-state index is 11.8. The molecule has 4 N–H and O–H groups in total. The number of nitrogens with one attached hydrogen (secondary N) is 3. The molecule has 0 bridgehead atoms. The van der Waals surface area contributed by atoms with Gasteiger partial charge in [-0.2, -0.15) is 0 Å². The number of aromatic amines is 1. The van der Waals surface area contributed by atoms with Gasteiger partial charge in [0.15, 0.2) is 0 Å². The number of aliphatic carboxylic acids is 1. The van der Waals surface area contributed by atoms with E-state index >= 15 is 0 Å². The molecule has 112 valence electrons. The number of carboxylic acids is 1. The molecule has 7 heteroatoms. The number of imidazole rings is 1. The number of carbonyl (C=O) groups excluding carboxylic acids is 1. The lowest BCUT2D eigenvalue weighted by Crippen LogP contribution is -2.40. The van der Waals surface area contributed by atoms with Gasteiger partial charge in [0.1, 0.15) is 5.82 Å². The zero-order valence-electron chi connectivity index (χ0n) is 11.8. The van der Waals surface area contributed by atoms with Gasteiger partial charge in [-0.1, -0.05) is 20.3 Å². The lowest BCUT2D eigenvalue weighted by atomic mass is 10.0. The smallest absolute Gasteiger partial charge is 0.315 e. The van der Waals surface area contributed by atoms with Crippen molar-refractivity contribution in [2.75, 3.05) is 6.54 Å². The van der Waals surface area contributed by atoms with Crippen LogP contribution in [0.1, 0.15) is 45.0 Å². The Labute approximate surface area is 118 Å². The van der Waals surface area contributed by atoms with Crippen LogP contribution >= 0.6 is 0 Å². The molecule has 2 amide bonds. The quantitative estimate of drug-likeness (QED) is 0.581. The molecular weight excluding hydrogens is 260 g/mol. The molecule has 1 rings (SSSR count). The van der Waals surface area contributed by atoms with E-state index in [4.69, 9.17) is 5.11 Å². The third-order valence-corrected chi connectivity index (χ3v) is 3.15. The van der Waals surface area contributed by atoms with E-state index in [0.29, 0.717) is 25.2 Å². The molecule has 0 saturated heterocycles. The monoisotopic (exact) mass is 282 g/mol. The molecule has 0 spiro atoms. The maximum Gasteiger partial charge on any atom is 0.315 e. The van der Waals surface area contributed by atoms with Gasteiger partial charge in [-0.15, -0.1) is 0 Å². The molecule has 0 radical (unpaired) electrons. The Morgan fingerprint density at radius 1 is 1.40 bits per heavy atom. The van der Waals surface area contributed by atoms with Gasteiger partial charge in [-0.25, -0.2) is 9.78 Å². The molecule has 1 heterocycles. The Morgan fingerprint density at radius 3 is 2.65 bits per heavy atom. The first-order chi connectivity index (χ1) is 9.56. The summed E-state index contributed by atoms with van der Waals surface area (Å²) in [6.07, 6.45) is 4.83. The summed E-state index contributed by atoms with van der Waals surface area (Å²) in [6, 6.07) is -0.485. The molecule has 0 saturated carbocycles. The van der Waals surface area contributed by atoms with Gasteiger partial charge in [-0.05, 0) is 12.3 Å². The van der Waals surface area contributed by atoms with Crippen molar-refractivity contribution >= 4 is 12.0 Å². The summed E-state index contributed by atoms with van der Waals surface area (Å²) in [6.45, 7) is 4.21. The number of nitrogens with zero attached hydrogens (tertiary/aromatic N) is 1. The lowest BCUT2D eigenvalue weighted by molar-refractivity contribution is -0.138. The second kappa shape index (κ2) is 8.19. The first kappa shape index (κ1) is 16.0. The summed E-state index contributed by atoms with van der Waals surface area (Å²) < 4.78 is 0. The van der Waals surface area contributed by atoms with Crippen LogP contribution in [0.5, 0.6) is 0 Å². The molecule has 0 aliphatic heterocycles. The summed E-state index contributed by atoms with van der Waals surface area (Å²) in [5.41, 5.74) is 0. The van der Waals surface area contributed by atoms with Crippen molar-refractivity contribution < 1.29 is 14.7 Å². The highest BCUT2D eigenvalue weighted by Crippen LogP contribution is 2.11. The molecule has 0 fully saturated rings. The van der Waals surface area contributed by atoms with Crippen LogP contribution in [-0.2, 0) is 4.79 Å². The average molecular weight is 282 g/mol. The Morgan fingerprint density at radius 2 is 2.15 bits per heavy atom. The van der Waals surface area contributed by atoms with E-state index in [1.54, 1.807) is 12.4 Å².